The van der Waals surface area contributed by atoms with Crippen LogP contribution in [0.1, 0.15) is 34.1 Å². The second-order valence-electron chi connectivity index (χ2n) is 8.93. The summed E-state index contributed by atoms with van der Waals surface area (Å²) in [6.45, 7) is 3.06. The van der Waals surface area contributed by atoms with Gasteiger partial charge in [-0.2, -0.15) is 10.1 Å². The number of methoxy groups -OCH3 is 1. The molecule has 2 amide bonds. The van der Waals surface area contributed by atoms with Crippen LogP contribution in [0.4, 0.5) is 23.9 Å². The fourth-order valence-electron chi connectivity index (χ4n) is 4.59. The minimum Gasteiger partial charge on any atom is -0.465 e. The molecule has 13 heteroatoms. The number of hydrogen-bond acceptors (Lipinski definition) is 7. The Morgan fingerprint density at radius 2 is 1.74 bits per heavy atom. The molecular weight excluding hydrogens is 503 g/mol. The van der Waals surface area contributed by atoms with Gasteiger partial charge in [-0.05, 0) is 30.7 Å². The van der Waals surface area contributed by atoms with E-state index >= 15 is 0 Å². The van der Waals surface area contributed by atoms with Crippen LogP contribution in [0.2, 0.25) is 0 Å². The highest BCUT2D eigenvalue weighted by Gasteiger charge is 2.34. The van der Waals surface area contributed by atoms with E-state index in [2.05, 4.69) is 15.1 Å². The van der Waals surface area contributed by atoms with Crippen LogP contribution in [-0.4, -0.2) is 75.9 Å². The highest BCUT2D eigenvalue weighted by molar-refractivity contribution is 5.89. The topological polar surface area (TPSA) is 96.2 Å². The third-order valence-electron chi connectivity index (χ3n) is 6.50. The molecule has 1 fully saturated rings. The van der Waals surface area contributed by atoms with E-state index in [0.29, 0.717) is 43.9 Å². The molecule has 2 aromatic heterocycles. The fourth-order valence-corrected chi connectivity index (χ4v) is 4.59. The van der Waals surface area contributed by atoms with Crippen LogP contribution < -0.4 is 4.90 Å². The van der Waals surface area contributed by atoms with Crippen LogP contribution >= 0.6 is 0 Å². The summed E-state index contributed by atoms with van der Waals surface area (Å²) < 4.78 is 48.3. The molecule has 4 heterocycles. The van der Waals surface area contributed by atoms with Gasteiger partial charge in [0, 0.05) is 56.8 Å². The Balaban J connectivity index is 1.29. The maximum absolute atomic E-state index is 14.7. The molecule has 3 aromatic rings. The minimum absolute atomic E-state index is 0.0160. The van der Waals surface area contributed by atoms with Crippen LogP contribution in [0.15, 0.2) is 41.8 Å². The maximum Gasteiger partial charge on any atom is 0.341 e. The maximum atomic E-state index is 14.7. The molecule has 0 N–H and O–H groups in total. The zero-order valence-corrected chi connectivity index (χ0v) is 20.6. The molecule has 2 aliphatic rings. The van der Waals surface area contributed by atoms with Crippen molar-refractivity contribution < 1.29 is 27.5 Å². The lowest BCUT2D eigenvalue weighted by Gasteiger charge is -2.37. The van der Waals surface area contributed by atoms with Crippen molar-refractivity contribution in [3.8, 4) is 5.82 Å². The number of carbonyl (C=O) groups is 2. The first kappa shape index (κ1) is 25.2. The van der Waals surface area contributed by atoms with E-state index in [4.69, 9.17) is 4.74 Å². The predicted octanol–water partition coefficient (Wildman–Crippen LogP) is 3.45. The number of hydrazone groups is 1. The largest absolute Gasteiger partial charge is 0.465 e. The molecule has 0 radical (unpaired) electrons. The third-order valence-corrected chi connectivity index (χ3v) is 6.50. The summed E-state index contributed by atoms with van der Waals surface area (Å²) >= 11 is 0. The number of esters is 1. The van der Waals surface area contributed by atoms with E-state index < -0.39 is 29.5 Å². The van der Waals surface area contributed by atoms with Crippen molar-refractivity contribution in [3.63, 3.8) is 0 Å². The number of urea groups is 1. The highest BCUT2D eigenvalue weighted by atomic mass is 19.1. The van der Waals surface area contributed by atoms with Gasteiger partial charge < -0.3 is 19.1 Å². The van der Waals surface area contributed by atoms with E-state index in [9.17, 15) is 22.8 Å². The number of nitrogens with zero attached hydrogens (tertiary/aromatic N) is 7. The summed E-state index contributed by atoms with van der Waals surface area (Å²) in [6.07, 6.45) is 4.40. The standard InChI is InChI=1S/C25H24F3N7O3/c1-15-9-17(23(36)38-2)14-34(15)22-20(28)13-29-24(31-22)32-5-7-33(8-6-32)25(37)35-21(3-4-30-35)16-10-18(26)12-19(27)11-16/h4,9-14,21H,3,5-8H2,1-2H3/t21-/m0/s1. The van der Waals surface area contributed by atoms with Gasteiger partial charge in [-0.3, -0.25) is 0 Å². The molecule has 0 aliphatic carbocycles. The Morgan fingerprint density at radius 1 is 1.03 bits per heavy atom. The van der Waals surface area contributed by atoms with Gasteiger partial charge in [-0.25, -0.2) is 32.8 Å². The van der Waals surface area contributed by atoms with Gasteiger partial charge in [0.25, 0.3) is 0 Å². The Bertz CT molecular complexity index is 1400. The molecule has 0 spiro atoms. The Hall–Kier alpha value is -4.42. The summed E-state index contributed by atoms with van der Waals surface area (Å²) in [5, 5.41) is 5.39. The average Bonchev–Trinajstić information content (AvgIpc) is 3.55. The number of benzene rings is 1. The van der Waals surface area contributed by atoms with Crippen LogP contribution in [-0.2, 0) is 4.74 Å². The molecule has 1 aromatic carbocycles. The lowest BCUT2D eigenvalue weighted by atomic mass is 10.0. The predicted molar refractivity (Wildman–Crippen MR) is 131 cm³/mol. The summed E-state index contributed by atoms with van der Waals surface area (Å²) in [5.74, 6) is -2.39. The number of carbonyl (C=O) groups excluding carboxylic acids is 2. The molecule has 1 saturated heterocycles. The Kier molecular flexibility index (Phi) is 6.74. The second-order valence-corrected chi connectivity index (χ2v) is 8.93. The van der Waals surface area contributed by atoms with Gasteiger partial charge in [0.15, 0.2) is 11.6 Å². The smallest absolute Gasteiger partial charge is 0.341 e. The summed E-state index contributed by atoms with van der Waals surface area (Å²) in [7, 11) is 1.26. The van der Waals surface area contributed by atoms with Crippen LogP contribution in [0, 0.1) is 24.4 Å². The van der Waals surface area contributed by atoms with E-state index in [-0.39, 0.29) is 23.4 Å². The Labute approximate surface area is 215 Å². The summed E-state index contributed by atoms with van der Waals surface area (Å²) in [4.78, 5) is 37.0. The number of aromatic nitrogens is 3. The first-order valence-corrected chi connectivity index (χ1v) is 11.9. The van der Waals surface area contributed by atoms with E-state index in [1.165, 1.54) is 35.0 Å². The number of halogens is 3. The van der Waals surface area contributed by atoms with Crippen molar-refractivity contribution in [2.75, 3.05) is 38.2 Å². The van der Waals surface area contributed by atoms with Crippen molar-refractivity contribution >= 4 is 24.2 Å². The molecule has 10 nitrogen and oxygen atoms in total. The van der Waals surface area contributed by atoms with E-state index in [1.807, 2.05) is 4.90 Å². The number of ether oxygens (including phenoxy) is 1. The van der Waals surface area contributed by atoms with Crippen molar-refractivity contribution in [3.05, 3.63) is 70.9 Å². The van der Waals surface area contributed by atoms with Crippen molar-refractivity contribution in [2.24, 2.45) is 5.10 Å². The summed E-state index contributed by atoms with van der Waals surface area (Å²) in [6, 6.07) is 3.77. The summed E-state index contributed by atoms with van der Waals surface area (Å²) in [5.41, 5.74) is 1.18. The first-order valence-electron chi connectivity index (χ1n) is 11.9. The van der Waals surface area contributed by atoms with Crippen molar-refractivity contribution in [1.29, 1.82) is 0 Å². The average molecular weight is 528 g/mol. The lowest BCUT2D eigenvalue weighted by molar-refractivity contribution is 0.0600. The van der Waals surface area contributed by atoms with Crippen molar-refractivity contribution in [1.82, 2.24) is 24.4 Å². The molecular formula is C25H24F3N7O3. The van der Waals surface area contributed by atoms with E-state index in [1.54, 1.807) is 24.1 Å². The van der Waals surface area contributed by atoms with Crippen LogP contribution in [0.25, 0.3) is 5.82 Å². The molecule has 0 saturated carbocycles. The van der Waals surface area contributed by atoms with Gasteiger partial charge in [0.05, 0.1) is 24.9 Å². The molecule has 38 heavy (non-hydrogen) atoms. The zero-order valence-electron chi connectivity index (χ0n) is 20.6. The quantitative estimate of drug-likeness (QED) is 0.483. The van der Waals surface area contributed by atoms with Crippen LogP contribution in [0.3, 0.4) is 0 Å². The van der Waals surface area contributed by atoms with E-state index in [0.717, 1.165) is 12.3 Å². The number of rotatable bonds is 4. The van der Waals surface area contributed by atoms with Gasteiger partial charge in [-0.1, -0.05) is 0 Å². The normalized spacial score (nSPS) is 17.3. The van der Waals surface area contributed by atoms with Gasteiger partial charge in [-0.15, -0.1) is 0 Å². The zero-order chi connectivity index (χ0) is 27.0. The third kappa shape index (κ3) is 4.78. The van der Waals surface area contributed by atoms with Crippen LogP contribution in [0.5, 0.6) is 0 Å². The molecule has 198 valence electrons. The Morgan fingerprint density at radius 3 is 2.42 bits per heavy atom. The molecule has 0 bridgehead atoms. The van der Waals surface area contributed by atoms with Gasteiger partial charge in [0.1, 0.15) is 11.6 Å². The molecule has 1 atom stereocenters. The lowest BCUT2D eigenvalue weighted by Crippen LogP contribution is -2.52. The number of aryl methyl sites for hydroxylation is 1. The first-order chi connectivity index (χ1) is 18.2. The minimum atomic E-state index is -0.719. The SMILES string of the molecule is COC(=O)c1cc(C)n(-c2nc(N3CCN(C(=O)N4N=CC[C@H]4c4cc(F)cc(F)c4)CC3)ncc2F)c1. The fraction of sp³-hybridized carbons (Fsp3) is 0.320. The van der Waals surface area contributed by atoms with Gasteiger partial charge >= 0.3 is 12.0 Å². The number of amides is 2. The molecule has 5 rings (SSSR count). The van der Waals surface area contributed by atoms with Crippen molar-refractivity contribution in [2.45, 2.75) is 19.4 Å². The van der Waals surface area contributed by atoms with Gasteiger partial charge in [0.2, 0.25) is 5.95 Å². The number of hydrogen-bond donors (Lipinski definition) is 0. The number of piperazine rings is 1. The molecule has 0 unspecified atom stereocenters. The second kappa shape index (κ2) is 10.1. The monoisotopic (exact) mass is 527 g/mol. The molecule has 2 aliphatic heterocycles. The number of anilines is 1. The highest BCUT2D eigenvalue weighted by Crippen LogP contribution is 2.30.